The molecule has 8 atom stereocenters. The number of allylic oxidation sites excluding steroid dienone is 2. The number of hydrogen-bond acceptors (Lipinski definition) is 0. The van der Waals surface area contributed by atoms with Gasteiger partial charge in [-0.15, -0.1) is 0 Å². The molecule has 0 saturated heterocycles. The van der Waals surface area contributed by atoms with Crippen molar-refractivity contribution in [1.29, 1.82) is 0 Å². The molecule has 49 heavy (non-hydrogen) atoms. The summed E-state index contributed by atoms with van der Waals surface area (Å²) < 4.78 is 0. The summed E-state index contributed by atoms with van der Waals surface area (Å²) in [5.74, 6) is 6.76. The van der Waals surface area contributed by atoms with Crippen LogP contribution in [0.15, 0.2) is 11.6 Å². The monoisotopic (exact) mass is 679 g/mol. The van der Waals surface area contributed by atoms with E-state index in [1.54, 1.807) is 0 Å². The molecule has 0 heteroatoms. The van der Waals surface area contributed by atoms with E-state index in [9.17, 15) is 0 Å². The second kappa shape index (κ2) is 22.1. The molecule has 0 aromatic rings. The first-order chi connectivity index (χ1) is 23.8. The fourth-order valence-electron chi connectivity index (χ4n) is 12.7. The van der Waals surface area contributed by atoms with Gasteiger partial charge in [-0.2, -0.15) is 0 Å². The van der Waals surface area contributed by atoms with Crippen molar-refractivity contribution in [2.24, 2.45) is 52.3 Å². The zero-order valence-electron chi connectivity index (χ0n) is 34.7. The van der Waals surface area contributed by atoms with Crippen LogP contribution in [0.4, 0.5) is 0 Å². The molecule has 0 aromatic heterocycles. The lowest BCUT2D eigenvalue weighted by molar-refractivity contribution is -0.0529. The molecule has 3 saturated carbocycles. The average molecular weight is 679 g/mol. The molecule has 0 amide bonds. The average Bonchev–Trinajstić information content (AvgIpc) is 3.44. The first-order valence-electron chi connectivity index (χ1n) is 23.5. The summed E-state index contributed by atoms with van der Waals surface area (Å²) in [6.45, 7) is 15.3. The highest BCUT2D eigenvalue weighted by Gasteiger charge is 2.59. The summed E-state index contributed by atoms with van der Waals surface area (Å²) in [6, 6.07) is 0. The summed E-state index contributed by atoms with van der Waals surface area (Å²) in [5, 5.41) is 0. The van der Waals surface area contributed by atoms with Gasteiger partial charge in [0.15, 0.2) is 0 Å². The molecule has 0 bridgehead atoms. The van der Waals surface area contributed by atoms with Crippen molar-refractivity contribution in [2.75, 3.05) is 0 Å². The minimum absolute atomic E-state index is 0.537. The SMILES string of the molecule is CCCCCCCCCCCCCCCCCCCCCCC1CC[C@@]2(C)C(=CCC3C2CC[C@@]2(C)C3CC[C@@H]2[C@H](C)CCCC(C)C)C1. The third kappa shape index (κ3) is 12.4. The van der Waals surface area contributed by atoms with Crippen molar-refractivity contribution in [2.45, 2.75) is 247 Å². The van der Waals surface area contributed by atoms with E-state index in [1.807, 2.05) is 5.57 Å². The topological polar surface area (TPSA) is 0 Å². The van der Waals surface area contributed by atoms with E-state index in [2.05, 4.69) is 47.6 Å². The Morgan fingerprint density at radius 2 is 1.14 bits per heavy atom. The number of rotatable bonds is 26. The number of unbranched alkanes of at least 4 members (excludes halogenated alkanes) is 19. The zero-order chi connectivity index (χ0) is 35.0. The molecule has 3 fully saturated rings. The minimum Gasteiger partial charge on any atom is -0.0845 e. The largest absolute Gasteiger partial charge is 0.0845 e. The molecule has 4 aliphatic carbocycles. The highest BCUT2D eigenvalue weighted by atomic mass is 14.6. The molecule has 0 radical (unpaired) electrons. The van der Waals surface area contributed by atoms with Crippen LogP contribution in [0.2, 0.25) is 0 Å². The quantitative estimate of drug-likeness (QED) is 0.0631. The van der Waals surface area contributed by atoms with Gasteiger partial charge in [-0.1, -0.05) is 207 Å². The molecule has 0 aromatic carbocycles. The number of hydrogen-bond donors (Lipinski definition) is 0. The van der Waals surface area contributed by atoms with Gasteiger partial charge < -0.3 is 0 Å². The highest BCUT2D eigenvalue weighted by Crippen LogP contribution is 2.67. The van der Waals surface area contributed by atoms with Crippen LogP contribution in [0, 0.1) is 52.3 Å². The Balaban J connectivity index is 1.02. The molecule has 0 aliphatic heterocycles. The Kier molecular flexibility index (Phi) is 18.7. The second-order valence-electron chi connectivity index (χ2n) is 19.9. The lowest BCUT2D eigenvalue weighted by atomic mass is 9.46. The van der Waals surface area contributed by atoms with E-state index in [0.29, 0.717) is 10.8 Å². The maximum absolute atomic E-state index is 2.84. The third-order valence-corrected chi connectivity index (χ3v) is 15.9. The van der Waals surface area contributed by atoms with Crippen molar-refractivity contribution < 1.29 is 0 Å². The minimum atomic E-state index is 0.537. The van der Waals surface area contributed by atoms with Gasteiger partial charge in [0.2, 0.25) is 0 Å². The van der Waals surface area contributed by atoms with E-state index >= 15 is 0 Å². The maximum Gasteiger partial charge on any atom is -0.00851 e. The van der Waals surface area contributed by atoms with Gasteiger partial charge in [0.25, 0.3) is 0 Å². The van der Waals surface area contributed by atoms with Crippen molar-refractivity contribution >= 4 is 0 Å². The molecule has 0 nitrogen and oxygen atoms in total. The van der Waals surface area contributed by atoms with Crippen LogP contribution in [0.3, 0.4) is 0 Å². The second-order valence-corrected chi connectivity index (χ2v) is 19.9. The third-order valence-electron chi connectivity index (χ3n) is 15.9. The molecule has 0 spiro atoms. The van der Waals surface area contributed by atoms with E-state index < -0.39 is 0 Å². The summed E-state index contributed by atoms with van der Waals surface area (Å²) in [5.41, 5.74) is 3.09. The van der Waals surface area contributed by atoms with Crippen LogP contribution in [0.25, 0.3) is 0 Å². The number of fused-ring (bicyclic) bond motifs is 5. The predicted molar refractivity (Wildman–Crippen MR) is 219 cm³/mol. The molecule has 4 unspecified atom stereocenters. The normalized spacial score (nSPS) is 31.7. The fourth-order valence-corrected chi connectivity index (χ4v) is 12.7. The van der Waals surface area contributed by atoms with Gasteiger partial charge in [-0.25, -0.2) is 0 Å². The van der Waals surface area contributed by atoms with Gasteiger partial charge in [0.05, 0.1) is 0 Å². The van der Waals surface area contributed by atoms with Crippen molar-refractivity contribution in [3.8, 4) is 0 Å². The van der Waals surface area contributed by atoms with Gasteiger partial charge in [-0.05, 0) is 104 Å². The van der Waals surface area contributed by atoms with Crippen LogP contribution < -0.4 is 0 Å². The van der Waals surface area contributed by atoms with Crippen LogP contribution in [0.5, 0.6) is 0 Å². The first kappa shape index (κ1) is 41.5. The van der Waals surface area contributed by atoms with Crippen molar-refractivity contribution in [3.05, 3.63) is 11.6 Å². The summed E-state index contributed by atoms with van der Waals surface area (Å²) >= 11 is 0. The van der Waals surface area contributed by atoms with Crippen molar-refractivity contribution in [1.82, 2.24) is 0 Å². The zero-order valence-corrected chi connectivity index (χ0v) is 34.7. The van der Waals surface area contributed by atoms with E-state index in [-0.39, 0.29) is 0 Å². The Morgan fingerprint density at radius 1 is 0.592 bits per heavy atom. The van der Waals surface area contributed by atoms with E-state index in [4.69, 9.17) is 0 Å². The Bertz CT molecular complexity index is 896. The molecule has 4 aliphatic rings. The predicted octanol–water partition coefficient (Wildman–Crippen LogP) is 16.9. The Labute approximate surface area is 310 Å². The van der Waals surface area contributed by atoms with E-state index in [0.717, 1.165) is 41.4 Å². The van der Waals surface area contributed by atoms with Crippen LogP contribution in [-0.4, -0.2) is 0 Å². The van der Waals surface area contributed by atoms with Crippen molar-refractivity contribution in [3.63, 3.8) is 0 Å². The molecule has 0 N–H and O–H groups in total. The first-order valence-corrected chi connectivity index (χ1v) is 23.5. The smallest absolute Gasteiger partial charge is 0.00851 e. The lowest BCUT2D eigenvalue weighted by Crippen LogP contribution is -2.50. The van der Waals surface area contributed by atoms with E-state index in [1.165, 1.54) is 205 Å². The fraction of sp³-hybridized carbons (Fsp3) is 0.959. The molecular weight excluding hydrogens is 589 g/mol. The van der Waals surface area contributed by atoms with Gasteiger partial charge in [0.1, 0.15) is 0 Å². The van der Waals surface area contributed by atoms with Crippen LogP contribution in [-0.2, 0) is 0 Å². The molecule has 4 rings (SSSR count). The summed E-state index contributed by atoms with van der Waals surface area (Å²) in [7, 11) is 0. The van der Waals surface area contributed by atoms with Gasteiger partial charge in [0, 0.05) is 0 Å². The Morgan fingerprint density at radius 3 is 1.69 bits per heavy atom. The lowest BCUT2D eigenvalue weighted by Gasteiger charge is -2.58. The Hall–Kier alpha value is -0.260. The summed E-state index contributed by atoms with van der Waals surface area (Å²) in [4.78, 5) is 0. The van der Waals surface area contributed by atoms with Crippen LogP contribution >= 0.6 is 0 Å². The standard InChI is InChI=1S/C49H90/c1-7-8-9-10-11-12-13-14-15-16-17-18-19-20-21-22-23-24-25-26-30-42-35-37-48(5)43(39-42)31-32-44-46-34-33-45(41(4)29-27-28-40(2)3)49(46,6)38-36-47(44)48/h31,40-42,44-47H,7-30,32-39H2,1-6H3/t41-,42?,44?,45-,46?,47?,48+,49-/m1/s1. The molecular formula is C49H90. The molecule has 286 valence electrons. The van der Waals surface area contributed by atoms with Gasteiger partial charge in [-0.3, -0.25) is 0 Å². The highest BCUT2D eigenvalue weighted by molar-refractivity contribution is 5.25. The van der Waals surface area contributed by atoms with Gasteiger partial charge >= 0.3 is 0 Å². The molecule has 0 heterocycles. The summed E-state index contributed by atoms with van der Waals surface area (Å²) in [6.07, 6.45) is 50.4. The van der Waals surface area contributed by atoms with Crippen LogP contribution in [0.1, 0.15) is 247 Å². The maximum atomic E-state index is 2.84.